The second kappa shape index (κ2) is 4.58. The van der Waals surface area contributed by atoms with Crippen LogP contribution in [0.3, 0.4) is 0 Å². The van der Waals surface area contributed by atoms with Crippen LogP contribution in [-0.4, -0.2) is 19.3 Å². The fraction of sp³-hybridized carbons (Fsp3) is 0.143. The van der Waals surface area contributed by atoms with Crippen LogP contribution in [0, 0.1) is 34.4 Å². The SMILES string of the molecule is Cc1nn(C)c2c1[nH]c(=S)n2-c1ccc(C#N)c(C#N)c1. The summed E-state index contributed by atoms with van der Waals surface area (Å²) in [6, 6.07) is 9.08. The van der Waals surface area contributed by atoms with E-state index in [0.717, 1.165) is 22.5 Å². The monoisotopic (exact) mass is 294 g/mol. The van der Waals surface area contributed by atoms with Crippen molar-refractivity contribution >= 4 is 23.4 Å². The van der Waals surface area contributed by atoms with E-state index in [1.54, 1.807) is 22.9 Å². The molecule has 0 aliphatic carbocycles. The van der Waals surface area contributed by atoms with Crippen molar-refractivity contribution in [2.75, 3.05) is 0 Å². The Bertz CT molecular complexity index is 1010. The lowest BCUT2D eigenvalue weighted by molar-refractivity contribution is 0.759. The zero-order chi connectivity index (χ0) is 15.1. The number of aromatic nitrogens is 4. The summed E-state index contributed by atoms with van der Waals surface area (Å²) in [7, 11) is 1.84. The maximum absolute atomic E-state index is 9.15. The molecule has 7 heteroatoms. The van der Waals surface area contributed by atoms with Gasteiger partial charge < -0.3 is 4.98 Å². The van der Waals surface area contributed by atoms with E-state index in [-0.39, 0.29) is 0 Å². The van der Waals surface area contributed by atoms with Gasteiger partial charge in [0.2, 0.25) is 0 Å². The predicted octanol–water partition coefficient (Wildman–Crippen LogP) is 2.47. The van der Waals surface area contributed by atoms with E-state index in [0.29, 0.717) is 15.9 Å². The van der Waals surface area contributed by atoms with Crippen LogP contribution in [0.25, 0.3) is 16.9 Å². The molecule has 3 aromatic rings. The first-order valence-corrected chi connectivity index (χ1v) is 6.56. The zero-order valence-electron chi connectivity index (χ0n) is 11.4. The minimum absolute atomic E-state index is 0.324. The molecule has 0 spiro atoms. The van der Waals surface area contributed by atoms with Crippen LogP contribution < -0.4 is 0 Å². The second-order valence-corrected chi connectivity index (χ2v) is 5.01. The average molecular weight is 294 g/mol. The first kappa shape index (κ1) is 13.1. The lowest BCUT2D eigenvalue weighted by atomic mass is 10.1. The summed E-state index contributed by atoms with van der Waals surface area (Å²) in [5.74, 6) is 0. The Morgan fingerprint density at radius 2 is 1.95 bits per heavy atom. The molecule has 0 saturated carbocycles. The molecular formula is C14H10N6S. The van der Waals surface area contributed by atoms with Gasteiger partial charge in [0, 0.05) is 7.05 Å². The quantitative estimate of drug-likeness (QED) is 0.698. The van der Waals surface area contributed by atoms with E-state index >= 15 is 0 Å². The van der Waals surface area contributed by atoms with Gasteiger partial charge in [-0.25, -0.2) is 4.68 Å². The molecule has 0 fully saturated rings. The Hall–Kier alpha value is -2.90. The number of fused-ring (bicyclic) bond motifs is 1. The number of aryl methyl sites for hydroxylation is 2. The van der Waals surface area contributed by atoms with Crippen molar-refractivity contribution in [3.8, 4) is 17.8 Å². The van der Waals surface area contributed by atoms with Crippen molar-refractivity contribution in [2.45, 2.75) is 6.92 Å². The van der Waals surface area contributed by atoms with Gasteiger partial charge in [0.25, 0.3) is 0 Å². The van der Waals surface area contributed by atoms with E-state index in [1.807, 2.05) is 30.7 Å². The van der Waals surface area contributed by atoms with Crippen molar-refractivity contribution in [3.05, 3.63) is 39.8 Å². The highest BCUT2D eigenvalue weighted by Gasteiger charge is 2.15. The first-order valence-electron chi connectivity index (χ1n) is 6.15. The van der Waals surface area contributed by atoms with Crippen molar-refractivity contribution in [1.82, 2.24) is 19.3 Å². The lowest BCUT2D eigenvalue weighted by Crippen LogP contribution is -2.01. The smallest absolute Gasteiger partial charge is 0.184 e. The van der Waals surface area contributed by atoms with Crippen LogP contribution in [0.2, 0.25) is 0 Å². The van der Waals surface area contributed by atoms with Gasteiger partial charge in [-0.1, -0.05) is 0 Å². The summed E-state index contributed by atoms with van der Waals surface area (Å²) in [6.07, 6.45) is 0. The van der Waals surface area contributed by atoms with Crippen LogP contribution in [0.5, 0.6) is 0 Å². The number of H-pyrrole nitrogens is 1. The second-order valence-electron chi connectivity index (χ2n) is 4.63. The lowest BCUT2D eigenvalue weighted by Gasteiger charge is -2.06. The van der Waals surface area contributed by atoms with Crippen LogP contribution in [-0.2, 0) is 7.05 Å². The number of nitrogens with zero attached hydrogens (tertiary/aromatic N) is 5. The number of hydrogen-bond donors (Lipinski definition) is 1. The Morgan fingerprint density at radius 3 is 2.62 bits per heavy atom. The van der Waals surface area contributed by atoms with Gasteiger partial charge in [0.15, 0.2) is 10.4 Å². The van der Waals surface area contributed by atoms with Crippen LogP contribution in [0.1, 0.15) is 16.8 Å². The maximum Gasteiger partial charge on any atom is 0.184 e. The number of hydrogen-bond acceptors (Lipinski definition) is 4. The number of rotatable bonds is 1. The molecule has 1 aromatic carbocycles. The van der Waals surface area contributed by atoms with Gasteiger partial charge in [-0.05, 0) is 37.3 Å². The fourth-order valence-electron chi connectivity index (χ4n) is 2.41. The molecule has 0 aliphatic heterocycles. The van der Waals surface area contributed by atoms with E-state index in [9.17, 15) is 0 Å². The van der Waals surface area contributed by atoms with Gasteiger partial charge in [-0.15, -0.1) is 0 Å². The van der Waals surface area contributed by atoms with Crippen molar-refractivity contribution in [2.24, 2.45) is 7.05 Å². The highest BCUT2D eigenvalue weighted by Crippen LogP contribution is 2.23. The molecule has 3 rings (SSSR count). The Labute approximate surface area is 125 Å². The van der Waals surface area contributed by atoms with E-state index in [2.05, 4.69) is 10.1 Å². The zero-order valence-corrected chi connectivity index (χ0v) is 12.2. The fourth-order valence-corrected chi connectivity index (χ4v) is 2.70. The number of aromatic amines is 1. The summed E-state index contributed by atoms with van der Waals surface area (Å²) < 4.78 is 4.07. The van der Waals surface area contributed by atoms with Gasteiger partial charge in [-0.3, -0.25) is 4.57 Å². The third-order valence-electron chi connectivity index (χ3n) is 3.34. The van der Waals surface area contributed by atoms with Crippen molar-refractivity contribution in [1.29, 1.82) is 10.5 Å². The Morgan fingerprint density at radius 1 is 1.24 bits per heavy atom. The van der Waals surface area contributed by atoms with Crippen LogP contribution in [0.4, 0.5) is 0 Å². The van der Waals surface area contributed by atoms with Crippen LogP contribution >= 0.6 is 12.2 Å². The number of imidazole rings is 1. The molecule has 2 aromatic heterocycles. The van der Waals surface area contributed by atoms with Gasteiger partial charge in [0.05, 0.1) is 22.5 Å². The topological polar surface area (TPSA) is 86.1 Å². The summed E-state index contributed by atoms with van der Waals surface area (Å²) in [6.45, 7) is 1.90. The molecule has 21 heavy (non-hydrogen) atoms. The summed E-state index contributed by atoms with van der Waals surface area (Å²) >= 11 is 5.37. The molecule has 0 bridgehead atoms. The van der Waals surface area contributed by atoms with E-state index in [4.69, 9.17) is 22.7 Å². The Kier molecular flexibility index (Phi) is 2.86. The molecule has 0 atom stereocenters. The summed E-state index contributed by atoms with van der Waals surface area (Å²) in [5.41, 5.74) is 3.94. The van der Waals surface area contributed by atoms with Crippen LogP contribution in [0.15, 0.2) is 18.2 Å². The highest BCUT2D eigenvalue weighted by molar-refractivity contribution is 7.71. The number of benzene rings is 1. The van der Waals surface area contributed by atoms with Gasteiger partial charge in [0.1, 0.15) is 17.7 Å². The standard InChI is InChI=1S/C14H10N6S/c1-8-12-13(19(2)18-8)20(14(21)17-12)11-4-3-9(6-15)10(5-11)7-16/h3-5H,1-2H3,(H,17,21). The summed E-state index contributed by atoms with van der Waals surface area (Å²) in [4.78, 5) is 3.13. The molecule has 0 saturated heterocycles. The number of nitriles is 2. The minimum atomic E-state index is 0.324. The summed E-state index contributed by atoms with van der Waals surface area (Å²) in [5, 5.41) is 22.5. The molecule has 0 radical (unpaired) electrons. The van der Waals surface area contributed by atoms with E-state index in [1.165, 1.54) is 0 Å². The average Bonchev–Trinajstić information content (AvgIpc) is 2.96. The molecule has 0 aliphatic rings. The Balaban J connectivity index is 2.37. The predicted molar refractivity (Wildman–Crippen MR) is 79.4 cm³/mol. The molecule has 0 amide bonds. The van der Waals surface area contributed by atoms with Crippen molar-refractivity contribution in [3.63, 3.8) is 0 Å². The van der Waals surface area contributed by atoms with Crippen molar-refractivity contribution < 1.29 is 0 Å². The van der Waals surface area contributed by atoms with Gasteiger partial charge in [-0.2, -0.15) is 15.6 Å². The highest BCUT2D eigenvalue weighted by atomic mass is 32.1. The maximum atomic E-state index is 9.15. The molecular weight excluding hydrogens is 284 g/mol. The molecule has 6 nitrogen and oxygen atoms in total. The largest absolute Gasteiger partial charge is 0.327 e. The normalized spacial score (nSPS) is 10.5. The third-order valence-corrected chi connectivity index (χ3v) is 3.63. The number of nitrogens with one attached hydrogen (secondary N) is 1. The third kappa shape index (κ3) is 1.83. The first-order chi connectivity index (χ1) is 10.1. The van der Waals surface area contributed by atoms with Gasteiger partial charge >= 0.3 is 0 Å². The molecule has 0 unspecified atom stereocenters. The minimum Gasteiger partial charge on any atom is -0.327 e. The van der Waals surface area contributed by atoms with E-state index < -0.39 is 0 Å². The molecule has 102 valence electrons. The molecule has 1 N–H and O–H groups in total. The molecule has 2 heterocycles.